The minimum absolute atomic E-state index is 0.0207. The van der Waals surface area contributed by atoms with E-state index < -0.39 is 10.0 Å². The fourth-order valence-corrected chi connectivity index (χ4v) is 3.41. The molecule has 0 saturated heterocycles. The third-order valence-electron chi connectivity index (χ3n) is 3.67. The number of anilines is 1. The van der Waals surface area contributed by atoms with Crippen molar-refractivity contribution in [2.45, 2.75) is 19.1 Å². The summed E-state index contributed by atoms with van der Waals surface area (Å²) in [6, 6.07) is 15.7. The number of aryl methyl sites for hydroxylation is 1. The van der Waals surface area contributed by atoms with Crippen LogP contribution in [0.3, 0.4) is 0 Å². The van der Waals surface area contributed by atoms with Gasteiger partial charge in [0.05, 0.1) is 5.75 Å². The first-order chi connectivity index (χ1) is 10.9. The van der Waals surface area contributed by atoms with Crippen LogP contribution in [-0.4, -0.2) is 29.1 Å². The van der Waals surface area contributed by atoms with Crippen LogP contribution < -0.4 is 9.62 Å². The molecule has 0 atom stereocenters. The van der Waals surface area contributed by atoms with Gasteiger partial charge in [-0.05, 0) is 36.6 Å². The summed E-state index contributed by atoms with van der Waals surface area (Å²) in [5, 5.41) is 0. The number of nitrogens with one attached hydrogen (secondary N) is 1. The molecule has 0 aliphatic rings. The van der Waals surface area contributed by atoms with Gasteiger partial charge in [0, 0.05) is 26.3 Å². The van der Waals surface area contributed by atoms with Crippen LogP contribution in [-0.2, 0) is 22.2 Å². The van der Waals surface area contributed by atoms with Crippen molar-refractivity contribution >= 4 is 15.7 Å². The van der Waals surface area contributed by atoms with Gasteiger partial charge in [0.15, 0.2) is 0 Å². The normalized spacial score (nSPS) is 11.4. The smallest absolute Gasteiger partial charge is 0.215 e. The molecule has 0 heterocycles. The molecular weight excluding hydrogens is 308 g/mol. The Kier molecular flexibility index (Phi) is 5.80. The lowest BCUT2D eigenvalue weighted by Gasteiger charge is -2.13. The molecule has 2 aromatic carbocycles. The van der Waals surface area contributed by atoms with Gasteiger partial charge in [-0.15, -0.1) is 0 Å². The number of nitrogens with zero attached hydrogens (tertiary/aromatic N) is 1. The van der Waals surface area contributed by atoms with Crippen molar-refractivity contribution in [1.29, 1.82) is 0 Å². The lowest BCUT2D eigenvalue weighted by Crippen LogP contribution is -2.27. The fraction of sp³-hybridized carbons (Fsp3) is 0.333. The maximum absolute atomic E-state index is 12.1. The van der Waals surface area contributed by atoms with E-state index in [1.807, 2.05) is 74.4 Å². The average molecular weight is 332 g/mol. The van der Waals surface area contributed by atoms with Crippen LogP contribution in [0.25, 0.3) is 0 Å². The summed E-state index contributed by atoms with van der Waals surface area (Å²) in [7, 11) is 0.691. The molecule has 0 aliphatic carbocycles. The Morgan fingerprint density at radius 1 is 0.913 bits per heavy atom. The second kappa shape index (κ2) is 7.62. The number of sulfonamides is 1. The molecule has 0 radical (unpaired) electrons. The maximum atomic E-state index is 12.1. The quantitative estimate of drug-likeness (QED) is 0.848. The number of rotatable bonds is 7. The molecule has 0 aliphatic heterocycles. The molecule has 2 rings (SSSR count). The molecule has 1 N–H and O–H groups in total. The van der Waals surface area contributed by atoms with Crippen molar-refractivity contribution in [2.24, 2.45) is 0 Å². The molecule has 4 nitrogen and oxygen atoms in total. The second-order valence-electron chi connectivity index (χ2n) is 5.95. The summed E-state index contributed by atoms with van der Waals surface area (Å²) in [6.07, 6.45) is 0.681. The lowest BCUT2D eigenvalue weighted by molar-refractivity contribution is 0.581. The third-order valence-corrected chi connectivity index (χ3v) is 5.02. The van der Waals surface area contributed by atoms with E-state index in [4.69, 9.17) is 0 Å². The minimum Gasteiger partial charge on any atom is -0.378 e. The van der Waals surface area contributed by atoms with Crippen molar-refractivity contribution in [3.05, 3.63) is 65.2 Å². The number of hydrogen-bond donors (Lipinski definition) is 1. The van der Waals surface area contributed by atoms with Gasteiger partial charge in [0.1, 0.15) is 0 Å². The van der Waals surface area contributed by atoms with Gasteiger partial charge >= 0.3 is 0 Å². The Morgan fingerprint density at radius 2 is 1.48 bits per heavy atom. The zero-order valence-electron chi connectivity index (χ0n) is 13.9. The van der Waals surface area contributed by atoms with Crippen LogP contribution in [0, 0.1) is 6.92 Å². The van der Waals surface area contributed by atoms with Gasteiger partial charge in [-0.2, -0.15) is 0 Å². The van der Waals surface area contributed by atoms with Gasteiger partial charge in [-0.1, -0.05) is 42.0 Å². The van der Waals surface area contributed by atoms with Crippen LogP contribution >= 0.6 is 0 Å². The minimum atomic E-state index is -3.30. The molecule has 23 heavy (non-hydrogen) atoms. The molecule has 0 bridgehead atoms. The first-order valence-corrected chi connectivity index (χ1v) is 9.30. The zero-order valence-corrected chi connectivity index (χ0v) is 14.7. The molecule has 0 saturated carbocycles. The van der Waals surface area contributed by atoms with Gasteiger partial charge in [0.2, 0.25) is 10.0 Å². The van der Waals surface area contributed by atoms with Crippen LogP contribution in [0.1, 0.15) is 16.7 Å². The molecule has 5 heteroatoms. The Bertz CT molecular complexity index is 721. The van der Waals surface area contributed by atoms with Crippen LogP contribution in [0.4, 0.5) is 5.69 Å². The second-order valence-corrected chi connectivity index (χ2v) is 7.76. The molecule has 2 aromatic rings. The standard InChI is InChI=1S/C18H24N2O2S/c1-15-4-6-17(7-5-15)14-23(21,22)19-13-12-16-8-10-18(11-9-16)20(2)3/h4-11,19H,12-14H2,1-3H3. The van der Waals surface area contributed by atoms with E-state index in [1.165, 1.54) is 0 Å². The van der Waals surface area contributed by atoms with Crippen LogP contribution in [0.5, 0.6) is 0 Å². The van der Waals surface area contributed by atoms with Crippen molar-refractivity contribution in [2.75, 3.05) is 25.5 Å². The van der Waals surface area contributed by atoms with E-state index in [2.05, 4.69) is 4.72 Å². The van der Waals surface area contributed by atoms with E-state index in [0.29, 0.717) is 13.0 Å². The average Bonchev–Trinajstić information content (AvgIpc) is 2.50. The molecular formula is C18H24N2O2S. The van der Waals surface area contributed by atoms with E-state index in [0.717, 1.165) is 22.4 Å². The van der Waals surface area contributed by atoms with Crippen molar-refractivity contribution < 1.29 is 8.42 Å². The highest BCUT2D eigenvalue weighted by Crippen LogP contribution is 2.12. The Morgan fingerprint density at radius 3 is 2.04 bits per heavy atom. The predicted octanol–water partition coefficient (Wildman–Crippen LogP) is 2.72. The Hall–Kier alpha value is -1.85. The summed E-state index contributed by atoms with van der Waals surface area (Å²) < 4.78 is 26.9. The van der Waals surface area contributed by atoms with E-state index >= 15 is 0 Å². The number of benzene rings is 2. The summed E-state index contributed by atoms with van der Waals surface area (Å²) in [5.41, 5.74) is 4.18. The molecule has 0 amide bonds. The SMILES string of the molecule is Cc1ccc(CS(=O)(=O)NCCc2ccc(N(C)C)cc2)cc1. The highest BCUT2D eigenvalue weighted by Gasteiger charge is 2.10. The van der Waals surface area contributed by atoms with E-state index in [-0.39, 0.29) is 5.75 Å². The maximum Gasteiger partial charge on any atom is 0.215 e. The molecule has 0 unspecified atom stereocenters. The van der Waals surface area contributed by atoms with Crippen molar-refractivity contribution in [3.8, 4) is 0 Å². The third kappa shape index (κ3) is 5.69. The highest BCUT2D eigenvalue weighted by atomic mass is 32.2. The summed E-state index contributed by atoms with van der Waals surface area (Å²) in [6.45, 7) is 2.40. The fourth-order valence-electron chi connectivity index (χ4n) is 2.27. The van der Waals surface area contributed by atoms with Gasteiger partial charge in [0.25, 0.3) is 0 Å². The van der Waals surface area contributed by atoms with Gasteiger partial charge in [-0.3, -0.25) is 0 Å². The predicted molar refractivity (Wildman–Crippen MR) is 96.3 cm³/mol. The zero-order chi connectivity index (χ0) is 16.9. The van der Waals surface area contributed by atoms with Crippen LogP contribution in [0.15, 0.2) is 48.5 Å². The molecule has 0 spiro atoms. The van der Waals surface area contributed by atoms with Crippen LogP contribution in [0.2, 0.25) is 0 Å². The molecule has 0 fully saturated rings. The van der Waals surface area contributed by atoms with Gasteiger partial charge in [-0.25, -0.2) is 13.1 Å². The first-order valence-electron chi connectivity index (χ1n) is 7.65. The largest absolute Gasteiger partial charge is 0.378 e. The molecule has 0 aromatic heterocycles. The highest BCUT2D eigenvalue weighted by molar-refractivity contribution is 7.88. The van der Waals surface area contributed by atoms with Crippen molar-refractivity contribution in [3.63, 3.8) is 0 Å². The first kappa shape index (κ1) is 17.5. The van der Waals surface area contributed by atoms with E-state index in [9.17, 15) is 8.42 Å². The topological polar surface area (TPSA) is 49.4 Å². The Labute approximate surface area is 139 Å². The van der Waals surface area contributed by atoms with Gasteiger partial charge < -0.3 is 4.90 Å². The summed E-state index contributed by atoms with van der Waals surface area (Å²) in [5.74, 6) is 0.0207. The monoisotopic (exact) mass is 332 g/mol. The molecule has 124 valence electrons. The number of hydrogen-bond acceptors (Lipinski definition) is 3. The Balaban J connectivity index is 1.85. The van der Waals surface area contributed by atoms with Crippen molar-refractivity contribution in [1.82, 2.24) is 4.72 Å². The lowest BCUT2D eigenvalue weighted by atomic mass is 10.1. The van der Waals surface area contributed by atoms with E-state index in [1.54, 1.807) is 0 Å². The summed E-state index contributed by atoms with van der Waals surface area (Å²) in [4.78, 5) is 2.04. The summed E-state index contributed by atoms with van der Waals surface area (Å²) >= 11 is 0.